The molecule has 0 fully saturated rings. The summed E-state index contributed by atoms with van der Waals surface area (Å²) < 4.78 is 4.77. The first-order valence-electron chi connectivity index (χ1n) is 6.17. The number of hydrogen-bond donors (Lipinski definition) is 1. The number of methoxy groups -OCH3 is 1. The molecular weight excluding hydrogens is 238 g/mol. The van der Waals surface area contributed by atoms with E-state index < -0.39 is 0 Å². The predicted octanol–water partition coefficient (Wildman–Crippen LogP) is 3.39. The van der Waals surface area contributed by atoms with Crippen LogP contribution in [0.4, 0.5) is 5.69 Å². The molecule has 0 radical (unpaired) electrons. The van der Waals surface area contributed by atoms with Crippen LogP contribution in [0.15, 0.2) is 48.5 Å². The van der Waals surface area contributed by atoms with Gasteiger partial charge in [-0.15, -0.1) is 0 Å². The fourth-order valence-corrected chi connectivity index (χ4v) is 1.83. The van der Waals surface area contributed by atoms with Gasteiger partial charge in [-0.25, -0.2) is 4.79 Å². The van der Waals surface area contributed by atoms with E-state index in [4.69, 9.17) is 4.74 Å². The van der Waals surface area contributed by atoms with E-state index in [-0.39, 0.29) is 5.97 Å². The number of ether oxygens (including phenoxy) is 1. The number of rotatable bonds is 4. The van der Waals surface area contributed by atoms with Crippen LogP contribution in [0.5, 0.6) is 0 Å². The molecule has 2 aromatic rings. The number of para-hydroxylation sites is 1. The lowest BCUT2D eigenvalue weighted by atomic mass is 10.1. The third-order valence-electron chi connectivity index (χ3n) is 2.94. The van der Waals surface area contributed by atoms with E-state index in [1.807, 2.05) is 18.2 Å². The Morgan fingerprint density at radius 1 is 1.11 bits per heavy atom. The molecule has 0 aliphatic rings. The average molecular weight is 255 g/mol. The van der Waals surface area contributed by atoms with E-state index in [2.05, 4.69) is 36.5 Å². The van der Waals surface area contributed by atoms with Crippen molar-refractivity contribution in [3.05, 3.63) is 65.2 Å². The minimum Gasteiger partial charge on any atom is -0.465 e. The fourth-order valence-electron chi connectivity index (χ4n) is 1.83. The Bertz CT molecular complexity index is 561. The van der Waals surface area contributed by atoms with Crippen LogP contribution < -0.4 is 5.32 Å². The molecule has 0 saturated carbocycles. The maximum absolute atomic E-state index is 11.6. The molecule has 3 nitrogen and oxygen atoms in total. The van der Waals surface area contributed by atoms with Crippen molar-refractivity contribution in [3.63, 3.8) is 0 Å². The monoisotopic (exact) mass is 255 g/mol. The van der Waals surface area contributed by atoms with E-state index >= 15 is 0 Å². The number of carbonyl (C=O) groups is 1. The van der Waals surface area contributed by atoms with Crippen molar-refractivity contribution in [2.24, 2.45) is 0 Å². The summed E-state index contributed by atoms with van der Waals surface area (Å²) in [4.78, 5) is 11.6. The van der Waals surface area contributed by atoms with Gasteiger partial charge < -0.3 is 10.1 Å². The second kappa shape index (κ2) is 6.05. The molecule has 0 bridgehead atoms. The number of hydrogen-bond acceptors (Lipinski definition) is 3. The van der Waals surface area contributed by atoms with Gasteiger partial charge in [0.1, 0.15) is 0 Å². The van der Waals surface area contributed by atoms with E-state index in [9.17, 15) is 4.79 Å². The number of carbonyl (C=O) groups excluding carboxylic acids is 1. The van der Waals surface area contributed by atoms with Crippen molar-refractivity contribution < 1.29 is 9.53 Å². The maximum Gasteiger partial charge on any atom is 0.339 e. The number of esters is 1. The third-order valence-corrected chi connectivity index (χ3v) is 2.94. The Kier molecular flexibility index (Phi) is 4.18. The average Bonchev–Trinajstić information content (AvgIpc) is 2.46. The number of benzene rings is 2. The molecule has 0 aromatic heterocycles. The van der Waals surface area contributed by atoms with Gasteiger partial charge >= 0.3 is 5.97 Å². The molecule has 0 spiro atoms. The minimum absolute atomic E-state index is 0.327. The summed E-state index contributed by atoms with van der Waals surface area (Å²) in [7, 11) is 1.39. The fraction of sp³-hybridized carbons (Fsp3) is 0.188. The molecule has 1 N–H and O–H groups in total. The van der Waals surface area contributed by atoms with Crippen molar-refractivity contribution in [2.75, 3.05) is 12.4 Å². The summed E-state index contributed by atoms with van der Waals surface area (Å²) in [5.74, 6) is -0.327. The lowest BCUT2D eigenvalue weighted by molar-refractivity contribution is 0.0602. The zero-order valence-corrected chi connectivity index (χ0v) is 11.1. The quantitative estimate of drug-likeness (QED) is 0.851. The number of aryl methyl sites for hydroxylation is 1. The summed E-state index contributed by atoms with van der Waals surface area (Å²) in [6.07, 6.45) is 0. The second-order valence-corrected chi connectivity index (χ2v) is 4.38. The predicted molar refractivity (Wildman–Crippen MR) is 76.3 cm³/mol. The topological polar surface area (TPSA) is 38.3 Å². The Balaban J connectivity index is 2.11. The molecular formula is C16H17NO2. The summed E-state index contributed by atoms with van der Waals surface area (Å²) in [5.41, 5.74) is 3.75. The molecule has 0 aliphatic carbocycles. The first kappa shape index (κ1) is 13.1. The first-order valence-corrected chi connectivity index (χ1v) is 6.17. The van der Waals surface area contributed by atoms with Gasteiger partial charge in [-0.3, -0.25) is 0 Å². The van der Waals surface area contributed by atoms with Gasteiger partial charge in [0.15, 0.2) is 0 Å². The van der Waals surface area contributed by atoms with Crippen LogP contribution in [0.2, 0.25) is 0 Å². The Morgan fingerprint density at radius 3 is 2.47 bits per heavy atom. The molecule has 0 amide bonds. The van der Waals surface area contributed by atoms with Crippen LogP contribution in [0.3, 0.4) is 0 Å². The van der Waals surface area contributed by atoms with E-state index in [1.54, 1.807) is 6.07 Å². The second-order valence-electron chi connectivity index (χ2n) is 4.38. The smallest absolute Gasteiger partial charge is 0.339 e. The van der Waals surface area contributed by atoms with Crippen molar-refractivity contribution in [2.45, 2.75) is 13.5 Å². The Morgan fingerprint density at radius 2 is 1.79 bits per heavy atom. The molecule has 3 heteroatoms. The van der Waals surface area contributed by atoms with Crippen LogP contribution in [0, 0.1) is 6.92 Å². The summed E-state index contributed by atoms with van der Waals surface area (Å²) in [5, 5.41) is 3.26. The van der Waals surface area contributed by atoms with Crippen LogP contribution >= 0.6 is 0 Å². The molecule has 98 valence electrons. The third kappa shape index (κ3) is 3.35. The van der Waals surface area contributed by atoms with E-state index in [0.717, 1.165) is 5.69 Å². The van der Waals surface area contributed by atoms with Gasteiger partial charge in [0.2, 0.25) is 0 Å². The van der Waals surface area contributed by atoms with Crippen LogP contribution in [0.25, 0.3) is 0 Å². The highest BCUT2D eigenvalue weighted by Gasteiger charge is 2.10. The zero-order valence-electron chi connectivity index (χ0n) is 11.1. The summed E-state index contributed by atoms with van der Waals surface area (Å²) in [6.45, 7) is 2.73. The van der Waals surface area contributed by atoms with Crippen LogP contribution in [-0.4, -0.2) is 13.1 Å². The van der Waals surface area contributed by atoms with E-state index in [1.165, 1.54) is 18.2 Å². The van der Waals surface area contributed by atoms with Gasteiger partial charge in [-0.05, 0) is 24.6 Å². The SMILES string of the molecule is COC(=O)c1ccccc1NCc1ccc(C)cc1. The Labute approximate surface area is 113 Å². The lowest BCUT2D eigenvalue weighted by Crippen LogP contribution is -2.08. The van der Waals surface area contributed by atoms with Crippen LogP contribution in [0.1, 0.15) is 21.5 Å². The largest absolute Gasteiger partial charge is 0.465 e. The zero-order chi connectivity index (χ0) is 13.7. The summed E-state index contributed by atoms with van der Waals surface area (Å²) >= 11 is 0. The van der Waals surface area contributed by atoms with Gasteiger partial charge in [0.05, 0.1) is 12.7 Å². The lowest BCUT2D eigenvalue weighted by Gasteiger charge is -2.10. The van der Waals surface area contributed by atoms with Gasteiger partial charge in [0, 0.05) is 12.2 Å². The van der Waals surface area contributed by atoms with Crippen molar-refractivity contribution >= 4 is 11.7 Å². The molecule has 0 saturated heterocycles. The molecule has 0 unspecified atom stereocenters. The Hall–Kier alpha value is -2.29. The van der Waals surface area contributed by atoms with E-state index in [0.29, 0.717) is 12.1 Å². The number of nitrogens with one attached hydrogen (secondary N) is 1. The van der Waals surface area contributed by atoms with Gasteiger partial charge in [-0.2, -0.15) is 0 Å². The molecule has 0 heterocycles. The minimum atomic E-state index is -0.327. The molecule has 19 heavy (non-hydrogen) atoms. The highest BCUT2D eigenvalue weighted by Crippen LogP contribution is 2.17. The molecule has 2 aromatic carbocycles. The normalized spacial score (nSPS) is 10.0. The van der Waals surface area contributed by atoms with Crippen molar-refractivity contribution in [3.8, 4) is 0 Å². The highest BCUT2D eigenvalue weighted by atomic mass is 16.5. The molecule has 2 rings (SSSR count). The van der Waals surface area contributed by atoms with Gasteiger partial charge in [-0.1, -0.05) is 42.0 Å². The highest BCUT2D eigenvalue weighted by molar-refractivity contribution is 5.95. The number of anilines is 1. The van der Waals surface area contributed by atoms with Gasteiger partial charge in [0.25, 0.3) is 0 Å². The molecule has 0 atom stereocenters. The standard InChI is InChI=1S/C16H17NO2/c1-12-7-9-13(10-8-12)11-17-15-6-4-3-5-14(15)16(18)19-2/h3-10,17H,11H2,1-2H3. The van der Waals surface area contributed by atoms with Crippen LogP contribution in [-0.2, 0) is 11.3 Å². The summed E-state index contributed by atoms with van der Waals surface area (Å²) in [6, 6.07) is 15.6. The molecule has 0 aliphatic heterocycles. The van der Waals surface area contributed by atoms with Crippen molar-refractivity contribution in [1.82, 2.24) is 0 Å². The first-order chi connectivity index (χ1) is 9.20. The maximum atomic E-state index is 11.6. The van der Waals surface area contributed by atoms with Crippen molar-refractivity contribution in [1.29, 1.82) is 0 Å².